The van der Waals surface area contributed by atoms with Gasteiger partial charge in [0.25, 0.3) is 0 Å². The first-order chi connectivity index (χ1) is 7.39. The van der Waals surface area contributed by atoms with Gasteiger partial charge in [-0.05, 0) is 18.2 Å². The minimum atomic E-state index is -4.47. The molecule has 0 saturated carbocycles. The Morgan fingerprint density at radius 2 is 2.00 bits per heavy atom. The van der Waals surface area contributed by atoms with Crippen LogP contribution in [0.4, 0.5) is 13.2 Å². The summed E-state index contributed by atoms with van der Waals surface area (Å²) in [6.45, 7) is 0. The normalized spacial score (nSPS) is 11.9. The summed E-state index contributed by atoms with van der Waals surface area (Å²) < 4.78 is 37.2. The molecule has 0 bridgehead atoms. The predicted molar refractivity (Wildman–Crippen MR) is 50.3 cm³/mol. The van der Waals surface area contributed by atoms with Crippen LogP contribution in [0, 0.1) is 0 Å². The lowest BCUT2D eigenvalue weighted by atomic mass is 10.1. The van der Waals surface area contributed by atoms with Crippen LogP contribution in [0.1, 0.15) is 15.9 Å². The van der Waals surface area contributed by atoms with Gasteiger partial charge in [-0.25, -0.2) is 4.79 Å². The van der Waals surface area contributed by atoms with Crippen LogP contribution in [0.15, 0.2) is 24.4 Å². The molecule has 0 aliphatic heterocycles. The molecule has 2 rings (SSSR count). The molecule has 0 atom stereocenters. The Bertz CT molecular complexity index is 557. The van der Waals surface area contributed by atoms with E-state index in [0.717, 1.165) is 12.1 Å². The Balaban J connectivity index is 2.68. The van der Waals surface area contributed by atoms with Gasteiger partial charge in [-0.15, -0.1) is 0 Å². The number of hydrogen-bond acceptors (Lipinski definition) is 1. The van der Waals surface area contributed by atoms with E-state index in [-0.39, 0.29) is 10.9 Å². The highest BCUT2D eigenvalue weighted by atomic mass is 19.4. The Morgan fingerprint density at radius 3 is 2.56 bits per heavy atom. The van der Waals surface area contributed by atoms with E-state index in [4.69, 9.17) is 5.11 Å². The second-order valence-electron chi connectivity index (χ2n) is 3.27. The topological polar surface area (TPSA) is 53.1 Å². The second kappa shape index (κ2) is 3.26. The molecule has 3 nitrogen and oxygen atoms in total. The van der Waals surface area contributed by atoms with Crippen LogP contribution in [-0.2, 0) is 6.18 Å². The van der Waals surface area contributed by atoms with E-state index >= 15 is 0 Å². The van der Waals surface area contributed by atoms with Crippen molar-refractivity contribution in [2.75, 3.05) is 0 Å². The molecule has 1 aromatic heterocycles. The molecule has 0 fully saturated rings. The largest absolute Gasteiger partial charge is 0.478 e. The number of benzene rings is 1. The fraction of sp³-hybridized carbons (Fsp3) is 0.100. The van der Waals surface area contributed by atoms with Crippen LogP contribution in [0.5, 0.6) is 0 Å². The first-order valence-electron chi connectivity index (χ1n) is 4.31. The molecule has 2 aromatic rings. The van der Waals surface area contributed by atoms with Crippen molar-refractivity contribution < 1.29 is 23.1 Å². The van der Waals surface area contributed by atoms with Crippen molar-refractivity contribution in [3.63, 3.8) is 0 Å². The molecule has 0 saturated heterocycles. The molecule has 1 aromatic carbocycles. The third kappa shape index (κ3) is 1.62. The van der Waals surface area contributed by atoms with E-state index in [9.17, 15) is 18.0 Å². The Hall–Kier alpha value is -1.98. The van der Waals surface area contributed by atoms with E-state index in [1.165, 1.54) is 12.3 Å². The maximum atomic E-state index is 12.4. The highest BCUT2D eigenvalue weighted by molar-refractivity contribution is 6.03. The molecular weight excluding hydrogens is 223 g/mol. The number of carboxylic acids is 1. The number of fused-ring (bicyclic) bond motifs is 1. The third-order valence-corrected chi connectivity index (χ3v) is 2.24. The van der Waals surface area contributed by atoms with Crippen LogP contribution < -0.4 is 0 Å². The number of carbonyl (C=O) groups is 1. The number of aromatic nitrogens is 1. The Kier molecular flexibility index (Phi) is 2.15. The number of halogens is 3. The van der Waals surface area contributed by atoms with E-state index in [2.05, 4.69) is 4.98 Å². The molecule has 84 valence electrons. The van der Waals surface area contributed by atoms with Crippen molar-refractivity contribution in [2.45, 2.75) is 6.18 Å². The van der Waals surface area contributed by atoms with Crippen molar-refractivity contribution in [1.29, 1.82) is 0 Å². The second-order valence-corrected chi connectivity index (χ2v) is 3.27. The van der Waals surface area contributed by atoms with E-state index < -0.39 is 17.7 Å². The van der Waals surface area contributed by atoms with Crippen LogP contribution in [0.3, 0.4) is 0 Å². The predicted octanol–water partition coefficient (Wildman–Crippen LogP) is 2.88. The zero-order valence-corrected chi connectivity index (χ0v) is 7.80. The van der Waals surface area contributed by atoms with Crippen LogP contribution >= 0.6 is 0 Å². The molecule has 0 aliphatic rings. The van der Waals surface area contributed by atoms with Gasteiger partial charge in [0, 0.05) is 17.1 Å². The number of aromatic amines is 1. The van der Waals surface area contributed by atoms with E-state index in [0.29, 0.717) is 5.52 Å². The molecular formula is C10H6F3NO2. The first kappa shape index (κ1) is 10.5. The molecule has 1 heterocycles. The van der Waals surface area contributed by atoms with Gasteiger partial charge < -0.3 is 10.1 Å². The quantitative estimate of drug-likeness (QED) is 0.789. The number of carboxylic acid groups (broad SMARTS) is 1. The van der Waals surface area contributed by atoms with Crippen molar-refractivity contribution in [3.05, 3.63) is 35.5 Å². The smallest absolute Gasteiger partial charge is 0.416 e. The van der Waals surface area contributed by atoms with Gasteiger partial charge in [0.2, 0.25) is 0 Å². The zero-order valence-electron chi connectivity index (χ0n) is 7.80. The highest BCUT2D eigenvalue weighted by Crippen LogP contribution is 2.32. The van der Waals surface area contributed by atoms with Crippen molar-refractivity contribution in [1.82, 2.24) is 4.98 Å². The van der Waals surface area contributed by atoms with E-state index in [1.807, 2.05) is 0 Å². The SMILES string of the molecule is O=C(O)c1c[nH]c2ccc(C(F)(F)F)cc12. The van der Waals surface area contributed by atoms with Gasteiger partial charge in [0.1, 0.15) is 0 Å². The van der Waals surface area contributed by atoms with Gasteiger partial charge >= 0.3 is 12.1 Å². The fourth-order valence-corrected chi connectivity index (χ4v) is 1.47. The summed E-state index contributed by atoms with van der Waals surface area (Å²) in [5, 5.41) is 8.82. The number of hydrogen-bond donors (Lipinski definition) is 2. The lowest BCUT2D eigenvalue weighted by Crippen LogP contribution is -2.04. The first-order valence-corrected chi connectivity index (χ1v) is 4.31. The van der Waals surface area contributed by atoms with Crippen molar-refractivity contribution in [3.8, 4) is 0 Å². The monoisotopic (exact) mass is 229 g/mol. The van der Waals surface area contributed by atoms with Gasteiger partial charge in [-0.2, -0.15) is 13.2 Å². The molecule has 6 heteroatoms. The highest BCUT2D eigenvalue weighted by Gasteiger charge is 2.31. The maximum Gasteiger partial charge on any atom is 0.416 e. The molecule has 0 amide bonds. The standard InChI is InChI=1S/C10H6F3NO2/c11-10(12,13)5-1-2-8-6(3-5)7(4-14-8)9(15)16/h1-4,14H,(H,15,16). The summed E-state index contributed by atoms with van der Waals surface area (Å²) in [4.78, 5) is 13.3. The Labute approximate surface area is 87.5 Å². The van der Waals surface area contributed by atoms with E-state index in [1.54, 1.807) is 0 Å². The Morgan fingerprint density at radius 1 is 1.31 bits per heavy atom. The summed E-state index contributed by atoms with van der Waals surface area (Å²) in [5.74, 6) is -1.26. The van der Waals surface area contributed by atoms with Gasteiger partial charge in [0.15, 0.2) is 0 Å². The number of rotatable bonds is 1. The van der Waals surface area contributed by atoms with Crippen molar-refractivity contribution >= 4 is 16.9 Å². The number of H-pyrrole nitrogens is 1. The third-order valence-electron chi connectivity index (χ3n) is 2.24. The summed E-state index contributed by atoms with van der Waals surface area (Å²) in [6, 6.07) is 2.95. The fourth-order valence-electron chi connectivity index (χ4n) is 1.47. The average molecular weight is 229 g/mol. The number of aromatic carboxylic acids is 1. The lowest BCUT2D eigenvalue weighted by Gasteiger charge is -2.06. The van der Waals surface area contributed by atoms with Gasteiger partial charge in [-0.3, -0.25) is 0 Å². The molecule has 2 N–H and O–H groups in total. The summed E-state index contributed by atoms with van der Waals surface area (Å²) in [7, 11) is 0. The van der Waals surface area contributed by atoms with Crippen LogP contribution in [0.2, 0.25) is 0 Å². The molecule has 16 heavy (non-hydrogen) atoms. The van der Waals surface area contributed by atoms with Crippen molar-refractivity contribution in [2.24, 2.45) is 0 Å². The number of alkyl halides is 3. The van der Waals surface area contributed by atoms with Crippen LogP contribution in [0.25, 0.3) is 10.9 Å². The maximum absolute atomic E-state index is 12.4. The zero-order chi connectivity index (χ0) is 11.9. The molecule has 0 radical (unpaired) electrons. The number of nitrogens with one attached hydrogen (secondary N) is 1. The average Bonchev–Trinajstić information content (AvgIpc) is 2.58. The lowest BCUT2D eigenvalue weighted by molar-refractivity contribution is -0.137. The van der Waals surface area contributed by atoms with Gasteiger partial charge in [-0.1, -0.05) is 0 Å². The summed E-state index contributed by atoms with van der Waals surface area (Å²) in [6.07, 6.45) is -3.30. The molecule has 0 aliphatic carbocycles. The van der Waals surface area contributed by atoms with Crippen LogP contribution in [-0.4, -0.2) is 16.1 Å². The summed E-state index contributed by atoms with van der Waals surface area (Å²) >= 11 is 0. The molecule has 0 unspecified atom stereocenters. The molecule has 0 spiro atoms. The van der Waals surface area contributed by atoms with Gasteiger partial charge in [0.05, 0.1) is 11.1 Å². The minimum Gasteiger partial charge on any atom is -0.478 e. The summed E-state index contributed by atoms with van der Waals surface area (Å²) in [5.41, 5.74) is -0.659. The minimum absolute atomic E-state index is 0.0577.